The zero-order valence-corrected chi connectivity index (χ0v) is 13.0. The van der Waals surface area contributed by atoms with Crippen LogP contribution in [-0.4, -0.2) is 41.8 Å². The van der Waals surface area contributed by atoms with Crippen LogP contribution >= 0.6 is 0 Å². The summed E-state index contributed by atoms with van der Waals surface area (Å²) in [5.74, 6) is 0.649. The number of carboxylic acid groups (broad SMARTS) is 1. The van der Waals surface area contributed by atoms with Crippen molar-refractivity contribution in [2.45, 2.75) is 38.8 Å². The van der Waals surface area contributed by atoms with Gasteiger partial charge in [0.05, 0.1) is 19.1 Å². The zero-order chi connectivity index (χ0) is 15.5. The van der Waals surface area contributed by atoms with E-state index in [-0.39, 0.29) is 12.0 Å². The Balaban J connectivity index is 1.79. The summed E-state index contributed by atoms with van der Waals surface area (Å²) in [6.45, 7) is 4.98. The first-order valence-electron chi connectivity index (χ1n) is 8.01. The molecule has 1 aromatic rings. The van der Waals surface area contributed by atoms with Gasteiger partial charge in [-0.3, -0.25) is 9.69 Å². The second-order valence-electron chi connectivity index (χ2n) is 6.09. The van der Waals surface area contributed by atoms with E-state index in [1.54, 1.807) is 0 Å². The molecule has 2 heterocycles. The minimum absolute atomic E-state index is 0.0359. The number of ether oxygens (including phenoxy) is 2. The minimum Gasteiger partial charge on any atom is -0.490 e. The molecule has 0 aliphatic carbocycles. The van der Waals surface area contributed by atoms with Gasteiger partial charge in [0, 0.05) is 24.6 Å². The molecule has 22 heavy (non-hydrogen) atoms. The summed E-state index contributed by atoms with van der Waals surface area (Å²) in [4.78, 5) is 13.6. The maximum Gasteiger partial charge on any atom is 0.308 e. The quantitative estimate of drug-likeness (QED) is 0.930. The third kappa shape index (κ3) is 3.04. The summed E-state index contributed by atoms with van der Waals surface area (Å²) < 4.78 is 11.6. The number of hydrogen-bond acceptors (Lipinski definition) is 4. The van der Waals surface area contributed by atoms with E-state index >= 15 is 0 Å². The normalized spacial score (nSPS) is 25.5. The molecular weight excluding hydrogens is 282 g/mol. The standard InChI is InChI=1S/C17H23NO4/c1-12-14(17(19)20)6-3-8-18(12)11-13-5-2-7-15-16(13)22-10-4-9-21-15/h2,5,7,12,14H,3-4,6,8-11H2,1H3,(H,19,20)/t12-,14-/m1/s1. The number of hydrogen-bond donors (Lipinski definition) is 1. The highest BCUT2D eigenvalue weighted by molar-refractivity contribution is 5.71. The molecular formula is C17H23NO4. The smallest absolute Gasteiger partial charge is 0.308 e. The number of benzene rings is 1. The third-order valence-corrected chi connectivity index (χ3v) is 4.66. The van der Waals surface area contributed by atoms with Crippen LogP contribution in [0.5, 0.6) is 11.5 Å². The molecule has 2 aliphatic rings. The Labute approximate surface area is 130 Å². The van der Waals surface area contributed by atoms with Crippen molar-refractivity contribution in [3.8, 4) is 11.5 Å². The van der Waals surface area contributed by atoms with E-state index in [4.69, 9.17) is 9.47 Å². The van der Waals surface area contributed by atoms with Crippen molar-refractivity contribution in [3.05, 3.63) is 23.8 Å². The fraction of sp³-hybridized carbons (Fsp3) is 0.588. The van der Waals surface area contributed by atoms with Gasteiger partial charge in [0.2, 0.25) is 0 Å². The molecule has 0 saturated carbocycles. The topological polar surface area (TPSA) is 59.0 Å². The van der Waals surface area contributed by atoms with Gasteiger partial charge in [-0.15, -0.1) is 0 Å². The van der Waals surface area contributed by atoms with Gasteiger partial charge in [-0.25, -0.2) is 0 Å². The van der Waals surface area contributed by atoms with E-state index in [0.29, 0.717) is 19.8 Å². The number of carbonyl (C=O) groups is 1. The lowest BCUT2D eigenvalue weighted by Gasteiger charge is -2.37. The molecule has 1 saturated heterocycles. The number of nitrogens with zero attached hydrogens (tertiary/aromatic N) is 1. The molecule has 0 unspecified atom stereocenters. The summed E-state index contributed by atoms with van der Waals surface area (Å²) in [5.41, 5.74) is 1.08. The highest BCUT2D eigenvalue weighted by Crippen LogP contribution is 2.35. The molecule has 0 aromatic heterocycles. The summed E-state index contributed by atoms with van der Waals surface area (Å²) in [7, 11) is 0. The SMILES string of the molecule is C[C@@H]1[C@H](C(=O)O)CCCN1Cc1cccc2c1OCCCO2. The molecule has 1 aromatic carbocycles. The number of para-hydroxylation sites is 1. The van der Waals surface area contributed by atoms with Crippen LogP contribution in [0.4, 0.5) is 0 Å². The minimum atomic E-state index is -0.691. The van der Waals surface area contributed by atoms with Gasteiger partial charge in [0.1, 0.15) is 0 Å². The van der Waals surface area contributed by atoms with Gasteiger partial charge < -0.3 is 14.6 Å². The lowest BCUT2D eigenvalue weighted by Crippen LogP contribution is -2.45. The number of rotatable bonds is 3. The van der Waals surface area contributed by atoms with Gasteiger partial charge >= 0.3 is 5.97 Å². The molecule has 120 valence electrons. The van der Waals surface area contributed by atoms with Crippen LogP contribution < -0.4 is 9.47 Å². The fourth-order valence-electron chi connectivity index (χ4n) is 3.36. The van der Waals surface area contributed by atoms with E-state index in [0.717, 1.165) is 42.9 Å². The summed E-state index contributed by atoms with van der Waals surface area (Å²) in [6.07, 6.45) is 2.57. The molecule has 1 N–H and O–H groups in total. The number of carboxylic acids is 1. The van der Waals surface area contributed by atoms with Crippen molar-refractivity contribution in [2.24, 2.45) is 5.92 Å². The van der Waals surface area contributed by atoms with Crippen molar-refractivity contribution in [2.75, 3.05) is 19.8 Å². The van der Waals surface area contributed by atoms with Crippen molar-refractivity contribution < 1.29 is 19.4 Å². The first-order chi connectivity index (χ1) is 10.7. The average Bonchev–Trinajstić information content (AvgIpc) is 2.75. The Hall–Kier alpha value is -1.75. The molecule has 0 radical (unpaired) electrons. The summed E-state index contributed by atoms with van der Waals surface area (Å²) in [6, 6.07) is 5.99. The lowest BCUT2D eigenvalue weighted by atomic mass is 9.90. The Morgan fingerprint density at radius 3 is 2.95 bits per heavy atom. The maximum atomic E-state index is 11.4. The van der Waals surface area contributed by atoms with Crippen molar-refractivity contribution in [3.63, 3.8) is 0 Å². The van der Waals surface area contributed by atoms with Gasteiger partial charge in [0.25, 0.3) is 0 Å². The Bertz CT molecular complexity index is 545. The van der Waals surface area contributed by atoms with Crippen molar-refractivity contribution >= 4 is 5.97 Å². The molecule has 0 spiro atoms. The number of aliphatic carboxylic acids is 1. The van der Waals surface area contributed by atoms with Gasteiger partial charge in [-0.1, -0.05) is 12.1 Å². The number of fused-ring (bicyclic) bond motifs is 1. The maximum absolute atomic E-state index is 11.4. The molecule has 5 heteroatoms. The van der Waals surface area contributed by atoms with Crippen LogP contribution in [0, 0.1) is 5.92 Å². The van der Waals surface area contributed by atoms with Gasteiger partial charge in [-0.05, 0) is 32.4 Å². The molecule has 0 amide bonds. The summed E-state index contributed by atoms with van der Waals surface area (Å²) in [5, 5.41) is 9.35. The van der Waals surface area contributed by atoms with Gasteiger partial charge in [0.15, 0.2) is 11.5 Å². The van der Waals surface area contributed by atoms with E-state index in [1.165, 1.54) is 0 Å². The van der Waals surface area contributed by atoms with Crippen molar-refractivity contribution in [1.82, 2.24) is 4.90 Å². The molecule has 2 aliphatic heterocycles. The predicted molar refractivity (Wildman–Crippen MR) is 82.3 cm³/mol. The third-order valence-electron chi connectivity index (χ3n) is 4.66. The van der Waals surface area contributed by atoms with Gasteiger partial charge in [-0.2, -0.15) is 0 Å². The molecule has 2 atom stereocenters. The second-order valence-corrected chi connectivity index (χ2v) is 6.09. The van der Waals surface area contributed by atoms with Crippen LogP contribution in [0.3, 0.4) is 0 Å². The largest absolute Gasteiger partial charge is 0.490 e. The number of piperidine rings is 1. The highest BCUT2D eigenvalue weighted by Gasteiger charge is 2.33. The second kappa shape index (κ2) is 6.57. The van der Waals surface area contributed by atoms with Crippen LogP contribution in [-0.2, 0) is 11.3 Å². The Morgan fingerprint density at radius 2 is 2.14 bits per heavy atom. The first-order valence-corrected chi connectivity index (χ1v) is 8.01. The van der Waals surface area contributed by atoms with E-state index in [9.17, 15) is 9.90 Å². The lowest BCUT2D eigenvalue weighted by molar-refractivity contribution is -0.145. The predicted octanol–water partition coefficient (Wildman–Crippen LogP) is 2.53. The first kappa shape index (κ1) is 15.2. The zero-order valence-electron chi connectivity index (χ0n) is 13.0. The van der Waals surface area contributed by atoms with Crippen molar-refractivity contribution in [1.29, 1.82) is 0 Å². The van der Waals surface area contributed by atoms with E-state index < -0.39 is 5.97 Å². The Morgan fingerprint density at radius 1 is 1.32 bits per heavy atom. The van der Waals surface area contributed by atoms with Crippen LogP contribution in [0.2, 0.25) is 0 Å². The summed E-state index contributed by atoms with van der Waals surface area (Å²) >= 11 is 0. The Kier molecular flexibility index (Phi) is 4.52. The van der Waals surface area contributed by atoms with Crippen LogP contribution in [0.15, 0.2) is 18.2 Å². The average molecular weight is 305 g/mol. The molecule has 0 bridgehead atoms. The molecule has 3 rings (SSSR count). The molecule has 5 nitrogen and oxygen atoms in total. The molecule has 1 fully saturated rings. The van der Waals surface area contributed by atoms with E-state index in [2.05, 4.69) is 4.90 Å². The van der Waals surface area contributed by atoms with Crippen LogP contribution in [0.1, 0.15) is 31.7 Å². The van der Waals surface area contributed by atoms with Crippen LogP contribution in [0.25, 0.3) is 0 Å². The highest BCUT2D eigenvalue weighted by atomic mass is 16.5. The number of likely N-dealkylation sites (tertiary alicyclic amines) is 1. The van der Waals surface area contributed by atoms with E-state index in [1.807, 2.05) is 25.1 Å². The monoisotopic (exact) mass is 305 g/mol. The fourth-order valence-corrected chi connectivity index (χ4v) is 3.36.